The van der Waals surface area contributed by atoms with E-state index in [1.807, 2.05) is 48.5 Å². The summed E-state index contributed by atoms with van der Waals surface area (Å²) in [5, 5.41) is 7.12. The van der Waals surface area contributed by atoms with Crippen molar-refractivity contribution in [2.24, 2.45) is 21.9 Å². The summed E-state index contributed by atoms with van der Waals surface area (Å²) in [5.41, 5.74) is 6.41. The molecule has 0 aromatic heterocycles. The van der Waals surface area contributed by atoms with Crippen molar-refractivity contribution in [3.8, 4) is 11.1 Å². The molecule has 0 aliphatic carbocycles. The van der Waals surface area contributed by atoms with Gasteiger partial charge in [-0.15, -0.1) is 0 Å². The largest absolute Gasteiger partial charge is 0.372 e. The molecule has 0 amide bonds. The summed E-state index contributed by atoms with van der Waals surface area (Å²) in [6, 6.07) is 24.3. The van der Waals surface area contributed by atoms with Crippen molar-refractivity contribution in [1.82, 2.24) is 0 Å². The smallest absolute Gasteiger partial charge is 0.0727 e. The van der Waals surface area contributed by atoms with E-state index in [-0.39, 0.29) is 0 Å². The van der Waals surface area contributed by atoms with E-state index in [0.717, 1.165) is 33.4 Å². The molecule has 0 saturated heterocycles. The van der Waals surface area contributed by atoms with Gasteiger partial charge in [0.05, 0.1) is 25.6 Å². The Morgan fingerprint density at radius 3 is 2.26 bits per heavy atom. The molecule has 0 fully saturated rings. The fourth-order valence-corrected chi connectivity index (χ4v) is 2.87. The number of nitrogens with zero attached hydrogens (tertiary/aromatic N) is 2. The number of hydrogen-bond acceptors (Lipinski definition) is 5. The quantitative estimate of drug-likeness (QED) is 0.384. The minimum absolute atomic E-state index is 0.525. The SMILES string of the molecule is NN=Cc1ccc(COCc2ccccc2-c2cccc(C=NN)c2)cc1. The summed E-state index contributed by atoms with van der Waals surface area (Å²) in [6.07, 6.45) is 3.26. The molecule has 27 heavy (non-hydrogen) atoms. The maximum atomic E-state index is 5.94. The second-order valence-corrected chi connectivity index (χ2v) is 6.07. The summed E-state index contributed by atoms with van der Waals surface area (Å²) in [7, 11) is 0. The van der Waals surface area contributed by atoms with E-state index in [0.29, 0.717) is 13.2 Å². The highest BCUT2D eigenvalue weighted by Crippen LogP contribution is 2.25. The van der Waals surface area contributed by atoms with Gasteiger partial charge < -0.3 is 16.4 Å². The molecule has 0 saturated carbocycles. The lowest BCUT2D eigenvalue weighted by Crippen LogP contribution is -1.97. The first kappa shape index (κ1) is 18.4. The molecule has 3 aromatic carbocycles. The van der Waals surface area contributed by atoms with E-state index in [4.69, 9.17) is 16.4 Å². The van der Waals surface area contributed by atoms with Crippen LogP contribution in [0.3, 0.4) is 0 Å². The van der Waals surface area contributed by atoms with Crippen LogP contribution in [0.15, 0.2) is 83.0 Å². The Morgan fingerprint density at radius 1 is 0.741 bits per heavy atom. The highest BCUT2D eigenvalue weighted by molar-refractivity contribution is 5.82. The average molecular weight is 358 g/mol. The fourth-order valence-electron chi connectivity index (χ4n) is 2.87. The zero-order chi connectivity index (χ0) is 18.9. The molecule has 0 heterocycles. The van der Waals surface area contributed by atoms with Gasteiger partial charge in [-0.05, 0) is 39.4 Å². The number of benzene rings is 3. The van der Waals surface area contributed by atoms with Crippen molar-refractivity contribution < 1.29 is 4.74 Å². The van der Waals surface area contributed by atoms with Gasteiger partial charge in [0.1, 0.15) is 0 Å². The van der Waals surface area contributed by atoms with E-state index < -0.39 is 0 Å². The van der Waals surface area contributed by atoms with Crippen LogP contribution in [0.4, 0.5) is 0 Å². The molecule has 3 aromatic rings. The topological polar surface area (TPSA) is 86.0 Å². The first-order valence-electron chi connectivity index (χ1n) is 8.61. The van der Waals surface area contributed by atoms with Crippen LogP contribution in [0.2, 0.25) is 0 Å². The minimum atomic E-state index is 0.525. The van der Waals surface area contributed by atoms with Crippen molar-refractivity contribution in [3.05, 3.63) is 95.1 Å². The molecule has 5 nitrogen and oxygen atoms in total. The molecule has 136 valence electrons. The lowest BCUT2D eigenvalue weighted by Gasteiger charge is -2.11. The maximum Gasteiger partial charge on any atom is 0.0727 e. The Labute approximate surface area is 159 Å². The molecular formula is C22H22N4O. The Balaban J connectivity index is 1.70. The molecule has 3 rings (SSSR count). The van der Waals surface area contributed by atoms with Crippen LogP contribution in [0.25, 0.3) is 11.1 Å². The molecule has 0 unspecified atom stereocenters. The standard InChI is InChI=1S/C22H22N4O/c23-25-13-17-8-10-18(11-9-17)15-27-16-21-5-1-2-7-22(21)20-6-3-4-19(12-20)14-26-24/h1-14H,15-16,23-24H2. The fraction of sp³-hybridized carbons (Fsp3) is 0.0909. The van der Waals surface area contributed by atoms with Crippen LogP contribution in [-0.4, -0.2) is 12.4 Å². The van der Waals surface area contributed by atoms with Crippen molar-refractivity contribution in [2.45, 2.75) is 13.2 Å². The number of rotatable bonds is 7. The molecule has 0 spiro atoms. The van der Waals surface area contributed by atoms with Crippen molar-refractivity contribution in [2.75, 3.05) is 0 Å². The first-order chi connectivity index (χ1) is 13.3. The molecule has 0 aliphatic heterocycles. The number of hydrogen-bond donors (Lipinski definition) is 2. The van der Waals surface area contributed by atoms with Gasteiger partial charge in [-0.25, -0.2) is 0 Å². The lowest BCUT2D eigenvalue weighted by atomic mass is 9.98. The molecule has 4 N–H and O–H groups in total. The summed E-state index contributed by atoms with van der Waals surface area (Å²) < 4.78 is 5.94. The van der Waals surface area contributed by atoms with Gasteiger partial charge in [-0.2, -0.15) is 10.2 Å². The van der Waals surface area contributed by atoms with Gasteiger partial charge in [0.15, 0.2) is 0 Å². The molecule has 0 aliphatic rings. The van der Waals surface area contributed by atoms with Crippen molar-refractivity contribution in [3.63, 3.8) is 0 Å². The van der Waals surface area contributed by atoms with E-state index in [1.165, 1.54) is 0 Å². The van der Waals surface area contributed by atoms with Gasteiger partial charge in [0, 0.05) is 0 Å². The normalized spacial score (nSPS) is 11.4. The number of ether oxygens (including phenoxy) is 1. The van der Waals surface area contributed by atoms with Crippen molar-refractivity contribution >= 4 is 12.4 Å². The zero-order valence-corrected chi connectivity index (χ0v) is 15.0. The Bertz CT molecular complexity index is 933. The van der Waals surface area contributed by atoms with E-state index >= 15 is 0 Å². The third-order valence-corrected chi connectivity index (χ3v) is 4.17. The third-order valence-electron chi connectivity index (χ3n) is 4.17. The summed E-state index contributed by atoms with van der Waals surface area (Å²) in [5.74, 6) is 10.4. The lowest BCUT2D eigenvalue weighted by molar-refractivity contribution is 0.107. The molecule has 0 bridgehead atoms. The van der Waals surface area contributed by atoms with E-state index in [1.54, 1.807) is 12.4 Å². The molecular weight excluding hydrogens is 336 g/mol. The Kier molecular flexibility index (Phi) is 6.33. The van der Waals surface area contributed by atoms with Crippen LogP contribution in [0.1, 0.15) is 22.3 Å². The van der Waals surface area contributed by atoms with Gasteiger partial charge in [-0.3, -0.25) is 0 Å². The van der Waals surface area contributed by atoms with Crippen molar-refractivity contribution in [1.29, 1.82) is 0 Å². The Hall–Kier alpha value is -3.44. The van der Waals surface area contributed by atoms with Crippen LogP contribution in [0.5, 0.6) is 0 Å². The highest BCUT2D eigenvalue weighted by atomic mass is 16.5. The maximum absolute atomic E-state index is 5.94. The van der Waals surface area contributed by atoms with Gasteiger partial charge >= 0.3 is 0 Å². The molecule has 0 atom stereocenters. The zero-order valence-electron chi connectivity index (χ0n) is 15.0. The van der Waals surface area contributed by atoms with Gasteiger partial charge in [-0.1, -0.05) is 66.7 Å². The molecule has 0 radical (unpaired) electrons. The van der Waals surface area contributed by atoms with E-state index in [2.05, 4.69) is 34.5 Å². The van der Waals surface area contributed by atoms with Crippen LogP contribution >= 0.6 is 0 Å². The van der Waals surface area contributed by atoms with Gasteiger partial charge in [0.25, 0.3) is 0 Å². The number of hydrazone groups is 2. The van der Waals surface area contributed by atoms with E-state index in [9.17, 15) is 0 Å². The highest BCUT2D eigenvalue weighted by Gasteiger charge is 2.06. The predicted molar refractivity (Wildman–Crippen MR) is 110 cm³/mol. The van der Waals surface area contributed by atoms with Crippen LogP contribution in [-0.2, 0) is 18.0 Å². The second-order valence-electron chi connectivity index (χ2n) is 6.07. The minimum Gasteiger partial charge on any atom is -0.372 e. The van der Waals surface area contributed by atoms with Crippen LogP contribution < -0.4 is 11.7 Å². The summed E-state index contributed by atoms with van der Waals surface area (Å²) in [6.45, 7) is 1.06. The predicted octanol–water partition coefficient (Wildman–Crippen LogP) is 3.66. The monoisotopic (exact) mass is 358 g/mol. The summed E-state index contributed by atoms with van der Waals surface area (Å²) in [4.78, 5) is 0. The Morgan fingerprint density at radius 2 is 1.48 bits per heavy atom. The first-order valence-corrected chi connectivity index (χ1v) is 8.61. The third kappa shape index (κ3) is 5.03. The van der Waals surface area contributed by atoms with Gasteiger partial charge in [0.2, 0.25) is 0 Å². The van der Waals surface area contributed by atoms with Crippen LogP contribution in [0, 0.1) is 0 Å². The second kappa shape index (κ2) is 9.31. The molecule has 5 heteroatoms. The average Bonchev–Trinajstić information content (AvgIpc) is 2.70. The number of nitrogens with two attached hydrogens (primary N) is 2. The summed E-state index contributed by atoms with van der Waals surface area (Å²) >= 11 is 0.